The van der Waals surface area contributed by atoms with Crippen LogP contribution in [0.4, 0.5) is 0 Å². The summed E-state index contributed by atoms with van der Waals surface area (Å²) in [6.07, 6.45) is 0. The van der Waals surface area contributed by atoms with Gasteiger partial charge in [0.2, 0.25) is 0 Å². The van der Waals surface area contributed by atoms with Crippen molar-refractivity contribution in [2.45, 2.75) is 97.3 Å². The quantitative estimate of drug-likeness (QED) is 0.101. The third-order valence-corrected chi connectivity index (χ3v) is 12.5. The number of carbonyl (C=O) groups is 4. The fraction of sp³-hybridized carbons (Fsp3) is 0.294. The molecule has 0 atom stereocenters. The van der Waals surface area contributed by atoms with Crippen LogP contribution >= 0.6 is 0 Å². The topological polar surface area (TPSA) is 68.3 Å². The van der Waals surface area contributed by atoms with E-state index in [9.17, 15) is 19.2 Å². The fourth-order valence-corrected chi connectivity index (χ4v) is 9.50. The van der Waals surface area contributed by atoms with E-state index in [4.69, 9.17) is 0 Å². The van der Waals surface area contributed by atoms with Gasteiger partial charge in [-0.1, -0.05) is 147 Å². The SMILES string of the molecule is Cc1ccc(C(C)(C)C)cc1C1C(=O)c2ccc3c4ccc5c6c(ccc(c7ccc(c2c37)C1=O)c64)C(=O)C(c1cc(C(C)(C)C)ccc1C(C)(C)C)C5=O. The summed E-state index contributed by atoms with van der Waals surface area (Å²) in [6.45, 7) is 21.2. The second-order valence-electron chi connectivity index (χ2n) is 19.1. The van der Waals surface area contributed by atoms with E-state index in [-0.39, 0.29) is 39.4 Å². The molecular formula is C51H46O4. The van der Waals surface area contributed by atoms with Gasteiger partial charge in [-0.2, -0.15) is 0 Å². The van der Waals surface area contributed by atoms with Crippen molar-refractivity contribution in [3.63, 3.8) is 0 Å². The second-order valence-corrected chi connectivity index (χ2v) is 19.1. The summed E-state index contributed by atoms with van der Waals surface area (Å²) in [5, 5.41) is 6.69. The second kappa shape index (κ2) is 11.3. The van der Waals surface area contributed by atoms with E-state index in [1.807, 2.05) is 67.6 Å². The normalized spacial score (nSPS) is 15.8. The third-order valence-electron chi connectivity index (χ3n) is 12.5. The molecule has 0 bridgehead atoms. The zero-order chi connectivity index (χ0) is 39.3. The van der Waals surface area contributed by atoms with Crippen LogP contribution in [0.2, 0.25) is 0 Å². The number of ketones is 4. The Bertz CT molecular complexity index is 2780. The van der Waals surface area contributed by atoms with E-state index in [0.29, 0.717) is 33.0 Å². The first-order valence-corrected chi connectivity index (χ1v) is 19.4. The predicted molar refractivity (Wildman–Crippen MR) is 224 cm³/mol. The maximum Gasteiger partial charge on any atom is 0.178 e. The molecule has 7 aromatic rings. The lowest BCUT2D eigenvalue weighted by Crippen LogP contribution is -2.30. The lowest BCUT2D eigenvalue weighted by Gasteiger charge is -2.32. The lowest BCUT2D eigenvalue weighted by molar-refractivity contribution is 0.0839. The van der Waals surface area contributed by atoms with Gasteiger partial charge in [0, 0.05) is 33.0 Å². The summed E-state index contributed by atoms with van der Waals surface area (Å²) >= 11 is 0. The number of benzene rings is 7. The molecule has 0 saturated carbocycles. The Morgan fingerprint density at radius 3 is 1.09 bits per heavy atom. The Hall–Kier alpha value is -5.48. The van der Waals surface area contributed by atoms with E-state index in [1.54, 1.807) is 0 Å². The number of hydrogen-bond donors (Lipinski definition) is 0. The van der Waals surface area contributed by atoms with Crippen molar-refractivity contribution in [1.82, 2.24) is 0 Å². The molecule has 0 saturated heterocycles. The molecule has 274 valence electrons. The van der Waals surface area contributed by atoms with Crippen molar-refractivity contribution in [1.29, 1.82) is 0 Å². The van der Waals surface area contributed by atoms with Gasteiger partial charge in [-0.3, -0.25) is 19.2 Å². The number of carbonyl (C=O) groups excluding carboxylic acids is 4. The van der Waals surface area contributed by atoms with Gasteiger partial charge in [-0.15, -0.1) is 0 Å². The maximum absolute atomic E-state index is 14.8. The van der Waals surface area contributed by atoms with Crippen LogP contribution < -0.4 is 0 Å². The van der Waals surface area contributed by atoms with Gasteiger partial charge in [0.1, 0.15) is 11.8 Å². The Morgan fingerprint density at radius 2 is 0.727 bits per heavy atom. The number of Topliss-reactive ketones (excluding diaryl/α,β-unsaturated/α-hetero) is 4. The van der Waals surface area contributed by atoms with Crippen molar-refractivity contribution in [2.75, 3.05) is 0 Å². The molecule has 0 aromatic heterocycles. The molecule has 0 spiro atoms. The molecule has 9 rings (SSSR count). The van der Waals surface area contributed by atoms with Crippen LogP contribution in [-0.4, -0.2) is 23.1 Å². The summed E-state index contributed by atoms with van der Waals surface area (Å²) in [6, 6.07) is 27.9. The molecule has 2 aliphatic carbocycles. The number of aryl methyl sites for hydroxylation is 1. The van der Waals surface area contributed by atoms with Crippen LogP contribution in [0.25, 0.3) is 43.1 Å². The Kier molecular flexibility index (Phi) is 7.23. The number of fused-ring (bicyclic) bond motifs is 2. The number of rotatable bonds is 2. The summed E-state index contributed by atoms with van der Waals surface area (Å²) in [5.41, 5.74) is 7.26. The highest BCUT2D eigenvalue weighted by Gasteiger charge is 2.42. The van der Waals surface area contributed by atoms with Gasteiger partial charge in [0.15, 0.2) is 23.1 Å². The average molecular weight is 723 g/mol. The van der Waals surface area contributed by atoms with E-state index in [0.717, 1.165) is 65.7 Å². The Labute approximate surface area is 322 Å². The minimum absolute atomic E-state index is 0.139. The third kappa shape index (κ3) is 4.89. The molecule has 0 amide bonds. The monoisotopic (exact) mass is 722 g/mol. The van der Waals surface area contributed by atoms with Crippen molar-refractivity contribution >= 4 is 66.2 Å². The standard InChI is InChI=1S/C51H46O4/c1-25-11-12-26(49(2,3)4)23-36(25)43-45(52)32-18-14-28-30-16-20-34-42-35(21-17-31(40(30)42)29-15-19-33(46(43)53)41(32)39(28)29)48(55)44(47(34)54)37-24-27(50(5,6)7)13-22-38(37)51(8,9)10/h11-24,43-44H,1-10H3. The zero-order valence-corrected chi connectivity index (χ0v) is 33.4. The van der Waals surface area contributed by atoms with Crippen LogP contribution in [0.3, 0.4) is 0 Å². The Balaban J connectivity index is 1.25. The molecule has 2 aliphatic rings. The van der Waals surface area contributed by atoms with Gasteiger partial charge < -0.3 is 0 Å². The van der Waals surface area contributed by atoms with Gasteiger partial charge >= 0.3 is 0 Å². The maximum atomic E-state index is 14.8. The molecule has 0 N–H and O–H groups in total. The van der Waals surface area contributed by atoms with Gasteiger partial charge in [0.05, 0.1) is 0 Å². The molecular weight excluding hydrogens is 677 g/mol. The molecule has 4 heteroatoms. The van der Waals surface area contributed by atoms with Crippen LogP contribution in [0.15, 0.2) is 84.9 Å². The summed E-state index contributed by atoms with van der Waals surface area (Å²) < 4.78 is 0. The van der Waals surface area contributed by atoms with Crippen LogP contribution in [0.1, 0.15) is 149 Å². The van der Waals surface area contributed by atoms with Crippen LogP contribution in [-0.2, 0) is 16.2 Å². The molecule has 55 heavy (non-hydrogen) atoms. The van der Waals surface area contributed by atoms with Gasteiger partial charge in [-0.25, -0.2) is 0 Å². The van der Waals surface area contributed by atoms with E-state index in [1.165, 1.54) is 0 Å². The van der Waals surface area contributed by atoms with Crippen molar-refractivity contribution in [3.05, 3.63) is 141 Å². The van der Waals surface area contributed by atoms with Crippen LogP contribution in [0.5, 0.6) is 0 Å². The van der Waals surface area contributed by atoms with Gasteiger partial charge in [0.25, 0.3) is 0 Å². The number of hydrogen-bond acceptors (Lipinski definition) is 4. The van der Waals surface area contributed by atoms with E-state index >= 15 is 0 Å². The van der Waals surface area contributed by atoms with Crippen LogP contribution in [0, 0.1) is 6.92 Å². The van der Waals surface area contributed by atoms with Crippen molar-refractivity contribution < 1.29 is 19.2 Å². The minimum atomic E-state index is -0.941. The highest BCUT2D eigenvalue weighted by Crippen LogP contribution is 2.50. The summed E-state index contributed by atoms with van der Waals surface area (Å²) in [4.78, 5) is 58.6. The Morgan fingerprint density at radius 1 is 0.382 bits per heavy atom. The van der Waals surface area contributed by atoms with E-state index < -0.39 is 11.8 Å². The summed E-state index contributed by atoms with van der Waals surface area (Å²) in [7, 11) is 0. The first kappa shape index (κ1) is 35.2. The smallest absolute Gasteiger partial charge is 0.178 e. The van der Waals surface area contributed by atoms with E-state index in [2.05, 4.69) is 86.6 Å². The lowest BCUT2D eigenvalue weighted by atomic mass is 9.69. The highest BCUT2D eigenvalue weighted by molar-refractivity contribution is 6.43. The molecule has 7 aromatic carbocycles. The highest BCUT2D eigenvalue weighted by atomic mass is 16.2. The molecule has 4 nitrogen and oxygen atoms in total. The summed E-state index contributed by atoms with van der Waals surface area (Å²) in [5.74, 6) is -2.58. The first-order chi connectivity index (χ1) is 25.8. The molecule has 0 aliphatic heterocycles. The van der Waals surface area contributed by atoms with Crippen molar-refractivity contribution in [3.8, 4) is 0 Å². The van der Waals surface area contributed by atoms with Crippen molar-refractivity contribution in [2.24, 2.45) is 0 Å². The average Bonchev–Trinajstić information content (AvgIpc) is 3.11. The molecule has 0 unspecified atom stereocenters. The molecule has 0 heterocycles. The first-order valence-electron chi connectivity index (χ1n) is 19.4. The fourth-order valence-electron chi connectivity index (χ4n) is 9.50. The minimum Gasteiger partial charge on any atom is -0.293 e. The molecule has 0 radical (unpaired) electrons. The largest absolute Gasteiger partial charge is 0.293 e. The van der Waals surface area contributed by atoms with Gasteiger partial charge in [-0.05, 0) is 88.9 Å². The zero-order valence-electron chi connectivity index (χ0n) is 33.4. The molecule has 0 fully saturated rings. The predicted octanol–water partition coefficient (Wildman–Crippen LogP) is 12.3.